The Morgan fingerprint density at radius 1 is 1.22 bits per heavy atom. The summed E-state index contributed by atoms with van der Waals surface area (Å²) in [6.07, 6.45) is 9.05. The van der Waals surface area contributed by atoms with E-state index in [1.165, 1.54) is 10.9 Å². The van der Waals surface area contributed by atoms with Crippen LogP contribution in [-0.4, -0.2) is 40.0 Å². The van der Waals surface area contributed by atoms with Gasteiger partial charge in [-0.25, -0.2) is 0 Å². The number of para-hydroxylation sites is 1. The number of fused-ring (bicyclic) bond motifs is 1. The molecular formula is C22H25N3O2. The van der Waals surface area contributed by atoms with Crippen LogP contribution in [0.25, 0.3) is 10.9 Å². The average molecular weight is 363 g/mol. The molecule has 1 fully saturated rings. The van der Waals surface area contributed by atoms with E-state index in [0.29, 0.717) is 19.7 Å². The van der Waals surface area contributed by atoms with Gasteiger partial charge in [0.2, 0.25) is 0 Å². The number of ether oxygens (including phenoxy) is 1. The van der Waals surface area contributed by atoms with Crippen LogP contribution in [0.15, 0.2) is 55.0 Å². The Kier molecular flexibility index (Phi) is 5.49. The smallest absolute Gasteiger partial charge is 0.252 e. The van der Waals surface area contributed by atoms with Gasteiger partial charge in [0, 0.05) is 49.2 Å². The molecule has 4 rings (SSSR count). The molecule has 5 heteroatoms. The largest absolute Gasteiger partial charge is 0.368 e. The highest BCUT2D eigenvalue weighted by molar-refractivity contribution is 5.83. The van der Waals surface area contributed by atoms with Crippen LogP contribution >= 0.6 is 0 Å². The predicted molar refractivity (Wildman–Crippen MR) is 105 cm³/mol. The van der Waals surface area contributed by atoms with Gasteiger partial charge in [0.25, 0.3) is 5.91 Å². The number of nitrogens with one attached hydrogen (secondary N) is 1. The van der Waals surface area contributed by atoms with E-state index in [0.717, 1.165) is 36.8 Å². The maximum absolute atomic E-state index is 13.1. The highest BCUT2D eigenvalue weighted by atomic mass is 16.5. The maximum atomic E-state index is 13.1. The average Bonchev–Trinajstić information content (AvgIpc) is 3.15. The van der Waals surface area contributed by atoms with Gasteiger partial charge in [-0.2, -0.15) is 0 Å². The molecule has 0 saturated carbocycles. The molecule has 5 nitrogen and oxygen atoms in total. The number of benzene rings is 1. The van der Waals surface area contributed by atoms with Gasteiger partial charge in [0.05, 0.1) is 0 Å². The SMILES string of the molecule is O=C([C@H]1CCCCO1)N(CCc1c[nH]c2ccccc12)Cc1cccnc1. The number of aromatic nitrogens is 2. The van der Waals surface area contributed by atoms with Crippen LogP contribution in [0.3, 0.4) is 0 Å². The Morgan fingerprint density at radius 3 is 2.96 bits per heavy atom. The lowest BCUT2D eigenvalue weighted by atomic mass is 10.1. The van der Waals surface area contributed by atoms with E-state index >= 15 is 0 Å². The van der Waals surface area contributed by atoms with Crippen LogP contribution in [0.4, 0.5) is 0 Å². The molecule has 3 heterocycles. The Hall–Kier alpha value is -2.66. The summed E-state index contributed by atoms with van der Waals surface area (Å²) in [7, 11) is 0. The third kappa shape index (κ3) is 4.19. The van der Waals surface area contributed by atoms with Crippen molar-refractivity contribution in [3.8, 4) is 0 Å². The third-order valence-electron chi connectivity index (χ3n) is 5.19. The minimum absolute atomic E-state index is 0.0957. The molecule has 27 heavy (non-hydrogen) atoms. The number of hydrogen-bond acceptors (Lipinski definition) is 3. The molecule has 1 atom stereocenters. The van der Waals surface area contributed by atoms with Gasteiger partial charge >= 0.3 is 0 Å². The summed E-state index contributed by atoms with van der Waals surface area (Å²) in [6, 6.07) is 12.2. The van der Waals surface area contributed by atoms with Crippen LogP contribution in [0.1, 0.15) is 30.4 Å². The molecule has 1 saturated heterocycles. The molecular weight excluding hydrogens is 338 g/mol. The fraction of sp³-hybridized carbons (Fsp3) is 0.364. The summed E-state index contributed by atoms with van der Waals surface area (Å²) in [5.74, 6) is 0.0957. The molecule has 1 N–H and O–H groups in total. The summed E-state index contributed by atoms with van der Waals surface area (Å²) in [4.78, 5) is 22.5. The number of amides is 1. The molecule has 0 aliphatic carbocycles. The number of carbonyl (C=O) groups is 1. The van der Waals surface area contributed by atoms with E-state index in [4.69, 9.17) is 4.74 Å². The van der Waals surface area contributed by atoms with Crippen molar-refractivity contribution in [1.29, 1.82) is 0 Å². The maximum Gasteiger partial charge on any atom is 0.252 e. The van der Waals surface area contributed by atoms with Crippen molar-refractivity contribution in [2.24, 2.45) is 0 Å². The zero-order valence-electron chi connectivity index (χ0n) is 15.4. The van der Waals surface area contributed by atoms with Crippen molar-refractivity contribution >= 4 is 16.8 Å². The van der Waals surface area contributed by atoms with Gasteiger partial charge in [0.1, 0.15) is 6.10 Å². The molecule has 1 aliphatic heterocycles. The third-order valence-corrected chi connectivity index (χ3v) is 5.19. The Bertz CT molecular complexity index is 885. The second kappa shape index (κ2) is 8.35. The van der Waals surface area contributed by atoms with Gasteiger partial charge < -0.3 is 14.6 Å². The first-order chi connectivity index (χ1) is 13.3. The molecule has 1 aliphatic rings. The Labute approximate surface area is 159 Å². The van der Waals surface area contributed by atoms with Gasteiger partial charge in [-0.1, -0.05) is 24.3 Å². The van der Waals surface area contributed by atoms with E-state index in [2.05, 4.69) is 28.3 Å². The van der Waals surface area contributed by atoms with Gasteiger partial charge in [-0.15, -0.1) is 0 Å². The Morgan fingerprint density at radius 2 is 2.15 bits per heavy atom. The van der Waals surface area contributed by atoms with Gasteiger partial charge in [0.15, 0.2) is 0 Å². The second-order valence-electron chi connectivity index (χ2n) is 7.09. The van der Waals surface area contributed by atoms with E-state index < -0.39 is 0 Å². The Balaban J connectivity index is 1.50. The zero-order valence-corrected chi connectivity index (χ0v) is 15.4. The summed E-state index contributed by atoms with van der Waals surface area (Å²) in [6.45, 7) is 1.91. The van der Waals surface area contributed by atoms with Crippen molar-refractivity contribution in [2.45, 2.75) is 38.3 Å². The predicted octanol–water partition coefficient (Wildman–Crippen LogP) is 3.70. The fourth-order valence-electron chi connectivity index (χ4n) is 3.71. The molecule has 0 bridgehead atoms. The summed E-state index contributed by atoms with van der Waals surface area (Å²) < 4.78 is 5.75. The highest BCUT2D eigenvalue weighted by Crippen LogP contribution is 2.20. The monoisotopic (exact) mass is 363 g/mol. The van der Waals surface area contributed by atoms with Crippen molar-refractivity contribution in [3.05, 3.63) is 66.1 Å². The number of carbonyl (C=O) groups excluding carboxylic acids is 1. The summed E-state index contributed by atoms with van der Waals surface area (Å²) in [5, 5.41) is 1.22. The van der Waals surface area contributed by atoms with Crippen LogP contribution in [0.5, 0.6) is 0 Å². The normalized spacial score (nSPS) is 17.1. The lowest BCUT2D eigenvalue weighted by Crippen LogP contribution is -2.42. The summed E-state index contributed by atoms with van der Waals surface area (Å²) in [5.41, 5.74) is 3.41. The van der Waals surface area contributed by atoms with Crippen LogP contribution in [0, 0.1) is 0 Å². The van der Waals surface area contributed by atoms with Crippen LogP contribution in [0.2, 0.25) is 0 Å². The molecule has 3 aromatic rings. The minimum Gasteiger partial charge on any atom is -0.368 e. The number of aromatic amines is 1. The van der Waals surface area contributed by atoms with Crippen molar-refractivity contribution in [3.63, 3.8) is 0 Å². The minimum atomic E-state index is -0.307. The molecule has 1 aromatic carbocycles. The molecule has 0 unspecified atom stereocenters. The lowest BCUT2D eigenvalue weighted by molar-refractivity contribution is -0.147. The number of rotatable bonds is 6. The first kappa shape index (κ1) is 17.7. The first-order valence-corrected chi connectivity index (χ1v) is 9.65. The van der Waals surface area contributed by atoms with E-state index in [9.17, 15) is 4.79 Å². The second-order valence-corrected chi connectivity index (χ2v) is 7.09. The fourth-order valence-corrected chi connectivity index (χ4v) is 3.71. The number of nitrogens with zero attached hydrogens (tertiary/aromatic N) is 2. The van der Waals surface area contributed by atoms with Crippen LogP contribution < -0.4 is 0 Å². The number of pyridine rings is 1. The van der Waals surface area contributed by atoms with E-state index in [1.807, 2.05) is 35.4 Å². The van der Waals surface area contributed by atoms with Gasteiger partial charge in [-0.05, 0) is 48.9 Å². The van der Waals surface area contributed by atoms with Crippen molar-refractivity contribution in [2.75, 3.05) is 13.2 Å². The molecule has 2 aromatic heterocycles. The highest BCUT2D eigenvalue weighted by Gasteiger charge is 2.27. The summed E-state index contributed by atoms with van der Waals surface area (Å²) >= 11 is 0. The van der Waals surface area contributed by atoms with E-state index in [-0.39, 0.29) is 12.0 Å². The molecule has 0 spiro atoms. The van der Waals surface area contributed by atoms with Crippen molar-refractivity contribution < 1.29 is 9.53 Å². The first-order valence-electron chi connectivity index (χ1n) is 9.65. The number of hydrogen-bond donors (Lipinski definition) is 1. The molecule has 140 valence electrons. The zero-order chi connectivity index (χ0) is 18.5. The molecule has 1 amide bonds. The quantitative estimate of drug-likeness (QED) is 0.726. The molecule has 0 radical (unpaired) electrons. The number of H-pyrrole nitrogens is 1. The standard InChI is InChI=1S/C22H25N3O2/c26-22(21-9-3-4-13-27-21)25(16-17-6-5-11-23-14-17)12-10-18-15-24-20-8-2-1-7-19(18)20/h1-2,5-8,11,14-15,21,24H,3-4,9-10,12-13,16H2/t21-/m1/s1. The topological polar surface area (TPSA) is 58.2 Å². The van der Waals surface area contributed by atoms with Gasteiger partial charge in [-0.3, -0.25) is 9.78 Å². The van der Waals surface area contributed by atoms with E-state index in [1.54, 1.807) is 6.20 Å². The van der Waals surface area contributed by atoms with Crippen LogP contribution in [-0.2, 0) is 22.5 Å². The van der Waals surface area contributed by atoms with Crippen molar-refractivity contribution in [1.82, 2.24) is 14.9 Å². The lowest BCUT2D eigenvalue weighted by Gasteiger charge is -2.29.